The van der Waals surface area contributed by atoms with E-state index < -0.39 is 0 Å². The van der Waals surface area contributed by atoms with Crippen molar-refractivity contribution in [3.8, 4) is 0 Å². The van der Waals surface area contributed by atoms with E-state index >= 15 is 0 Å². The molecule has 0 heterocycles. The lowest BCUT2D eigenvalue weighted by molar-refractivity contribution is 0.196. The van der Waals surface area contributed by atoms with Crippen LogP contribution in [0.3, 0.4) is 0 Å². The maximum Gasteiger partial charge on any atom is 0.0583 e. The van der Waals surface area contributed by atoms with Gasteiger partial charge >= 0.3 is 0 Å². The monoisotopic (exact) mass is 214 g/mol. The van der Waals surface area contributed by atoms with Crippen LogP contribution in [0.4, 0.5) is 0 Å². The van der Waals surface area contributed by atoms with Crippen molar-refractivity contribution in [1.82, 2.24) is 4.90 Å². The van der Waals surface area contributed by atoms with Gasteiger partial charge in [0.25, 0.3) is 0 Å². The highest BCUT2D eigenvalue weighted by Crippen LogP contribution is 2.21. The molecule has 0 saturated heterocycles. The zero-order valence-electron chi connectivity index (χ0n) is 9.99. The van der Waals surface area contributed by atoms with Crippen molar-refractivity contribution in [3.05, 3.63) is 0 Å². The van der Waals surface area contributed by atoms with Gasteiger partial charge in [-0.3, -0.25) is 0 Å². The Morgan fingerprint density at radius 1 is 1.27 bits per heavy atom. The van der Waals surface area contributed by atoms with E-state index in [1.165, 1.54) is 38.5 Å². The smallest absolute Gasteiger partial charge is 0.0583 e. The zero-order valence-corrected chi connectivity index (χ0v) is 9.99. The van der Waals surface area contributed by atoms with E-state index in [4.69, 9.17) is 10.8 Å². The summed E-state index contributed by atoms with van der Waals surface area (Å²) >= 11 is 0. The summed E-state index contributed by atoms with van der Waals surface area (Å²) in [7, 11) is 2.19. The fraction of sp³-hybridized carbons (Fsp3) is 1.00. The summed E-state index contributed by atoms with van der Waals surface area (Å²) in [4.78, 5) is 2.43. The maximum atomic E-state index is 8.86. The van der Waals surface area contributed by atoms with Gasteiger partial charge in [-0.1, -0.05) is 25.7 Å². The van der Waals surface area contributed by atoms with E-state index in [1.54, 1.807) is 0 Å². The Morgan fingerprint density at radius 2 is 1.87 bits per heavy atom. The van der Waals surface area contributed by atoms with Crippen molar-refractivity contribution in [1.29, 1.82) is 0 Å². The van der Waals surface area contributed by atoms with Crippen LogP contribution < -0.4 is 5.73 Å². The molecule has 1 aliphatic rings. The van der Waals surface area contributed by atoms with E-state index in [0.717, 1.165) is 19.0 Å². The third-order valence-electron chi connectivity index (χ3n) is 3.54. The summed E-state index contributed by atoms with van der Waals surface area (Å²) in [6.45, 7) is 1.13. The number of hydrogen-bond acceptors (Lipinski definition) is 3. The molecule has 0 bridgehead atoms. The second-order valence-corrected chi connectivity index (χ2v) is 4.86. The Labute approximate surface area is 93.6 Å². The fourth-order valence-corrected chi connectivity index (χ4v) is 2.34. The predicted molar refractivity (Wildman–Crippen MR) is 63.8 cm³/mol. The average molecular weight is 214 g/mol. The molecule has 1 unspecified atom stereocenters. The molecule has 0 spiro atoms. The van der Waals surface area contributed by atoms with E-state index in [-0.39, 0.29) is 12.6 Å². The van der Waals surface area contributed by atoms with Gasteiger partial charge in [-0.05, 0) is 32.9 Å². The minimum Gasteiger partial charge on any atom is -0.395 e. The number of rotatable bonds is 5. The van der Waals surface area contributed by atoms with Gasteiger partial charge in [-0.2, -0.15) is 0 Å². The summed E-state index contributed by atoms with van der Waals surface area (Å²) in [6.07, 6.45) is 9.14. The molecule has 90 valence electrons. The molecule has 0 aromatic rings. The molecular formula is C12H26N2O. The largest absolute Gasteiger partial charge is 0.395 e. The van der Waals surface area contributed by atoms with Crippen molar-refractivity contribution in [2.24, 2.45) is 5.73 Å². The van der Waals surface area contributed by atoms with Gasteiger partial charge in [0.2, 0.25) is 0 Å². The van der Waals surface area contributed by atoms with E-state index in [2.05, 4.69) is 11.9 Å². The van der Waals surface area contributed by atoms with Crippen LogP contribution in [-0.4, -0.2) is 42.3 Å². The molecule has 3 N–H and O–H groups in total. The van der Waals surface area contributed by atoms with Gasteiger partial charge in [0.1, 0.15) is 0 Å². The number of aliphatic hydroxyl groups is 1. The quantitative estimate of drug-likeness (QED) is 0.679. The highest BCUT2D eigenvalue weighted by atomic mass is 16.3. The molecular weight excluding hydrogens is 188 g/mol. The maximum absolute atomic E-state index is 8.86. The summed E-state index contributed by atoms with van der Waals surface area (Å²) in [5.74, 6) is 0. The summed E-state index contributed by atoms with van der Waals surface area (Å²) < 4.78 is 0. The molecule has 1 aliphatic carbocycles. The lowest BCUT2D eigenvalue weighted by Gasteiger charge is -2.27. The number of nitrogens with zero attached hydrogens (tertiary/aromatic N) is 1. The van der Waals surface area contributed by atoms with Crippen LogP contribution in [-0.2, 0) is 0 Å². The summed E-state index contributed by atoms with van der Waals surface area (Å²) in [6, 6.07) is 0.705. The highest BCUT2D eigenvalue weighted by Gasteiger charge is 2.16. The molecule has 3 heteroatoms. The first-order chi connectivity index (χ1) is 7.24. The van der Waals surface area contributed by atoms with Crippen LogP contribution in [0.25, 0.3) is 0 Å². The second-order valence-electron chi connectivity index (χ2n) is 4.86. The predicted octanol–water partition coefficient (Wildman–Crippen LogP) is 1.35. The molecule has 0 aliphatic heterocycles. The van der Waals surface area contributed by atoms with Crippen molar-refractivity contribution in [3.63, 3.8) is 0 Å². The summed E-state index contributed by atoms with van der Waals surface area (Å²) in [5.41, 5.74) is 5.70. The summed E-state index contributed by atoms with van der Waals surface area (Å²) in [5, 5.41) is 8.86. The normalized spacial score (nSPS) is 21.6. The van der Waals surface area contributed by atoms with Crippen molar-refractivity contribution >= 4 is 0 Å². The topological polar surface area (TPSA) is 49.5 Å². The molecule has 0 aromatic heterocycles. The molecule has 1 atom stereocenters. The minimum absolute atomic E-state index is 0.0433. The Hall–Kier alpha value is -0.120. The Morgan fingerprint density at radius 3 is 2.40 bits per heavy atom. The standard InChI is InChI=1S/C12H26N2O/c1-14(9-8-11(13)10-15)12-6-4-2-3-5-7-12/h11-12,15H,2-10,13H2,1H3. The lowest BCUT2D eigenvalue weighted by atomic mass is 10.1. The Balaban J connectivity index is 2.22. The second kappa shape index (κ2) is 7.20. The third-order valence-corrected chi connectivity index (χ3v) is 3.54. The SMILES string of the molecule is CN(CCC(N)CO)C1CCCCCC1. The van der Waals surface area contributed by atoms with Crippen molar-refractivity contribution < 1.29 is 5.11 Å². The molecule has 0 radical (unpaired) electrons. The van der Waals surface area contributed by atoms with E-state index in [1.807, 2.05) is 0 Å². The molecule has 1 saturated carbocycles. The van der Waals surface area contributed by atoms with Gasteiger partial charge < -0.3 is 15.7 Å². The van der Waals surface area contributed by atoms with Gasteiger partial charge in [-0.25, -0.2) is 0 Å². The van der Waals surface area contributed by atoms with Crippen molar-refractivity contribution in [2.75, 3.05) is 20.2 Å². The first kappa shape index (κ1) is 12.9. The minimum atomic E-state index is -0.0433. The first-order valence-electron chi connectivity index (χ1n) is 6.30. The number of aliphatic hydroxyl groups excluding tert-OH is 1. The molecule has 1 rings (SSSR count). The molecule has 0 amide bonds. The molecule has 0 aromatic carbocycles. The van der Waals surface area contributed by atoms with Crippen LogP contribution in [0, 0.1) is 0 Å². The first-order valence-corrected chi connectivity index (χ1v) is 6.30. The van der Waals surface area contributed by atoms with Crippen molar-refractivity contribution in [2.45, 2.75) is 57.0 Å². The van der Waals surface area contributed by atoms with Gasteiger partial charge in [0.15, 0.2) is 0 Å². The average Bonchev–Trinajstić information content (AvgIpc) is 2.53. The molecule has 1 fully saturated rings. The third kappa shape index (κ3) is 4.96. The van der Waals surface area contributed by atoms with Crippen LogP contribution >= 0.6 is 0 Å². The molecule has 15 heavy (non-hydrogen) atoms. The molecule has 3 nitrogen and oxygen atoms in total. The van der Waals surface area contributed by atoms with Gasteiger partial charge in [-0.15, -0.1) is 0 Å². The highest BCUT2D eigenvalue weighted by molar-refractivity contribution is 4.73. The fourth-order valence-electron chi connectivity index (χ4n) is 2.34. The van der Waals surface area contributed by atoms with Crippen LogP contribution in [0.15, 0.2) is 0 Å². The Bertz CT molecular complexity index is 156. The van der Waals surface area contributed by atoms with Crippen LogP contribution in [0.2, 0.25) is 0 Å². The van der Waals surface area contributed by atoms with Crippen LogP contribution in [0.5, 0.6) is 0 Å². The number of nitrogens with two attached hydrogens (primary N) is 1. The van der Waals surface area contributed by atoms with Crippen LogP contribution in [0.1, 0.15) is 44.9 Å². The van der Waals surface area contributed by atoms with Gasteiger partial charge in [0.05, 0.1) is 6.61 Å². The van der Waals surface area contributed by atoms with Gasteiger partial charge in [0, 0.05) is 12.1 Å². The Kier molecular flexibility index (Phi) is 6.22. The van der Waals surface area contributed by atoms with E-state index in [0.29, 0.717) is 0 Å². The number of hydrogen-bond donors (Lipinski definition) is 2. The van der Waals surface area contributed by atoms with E-state index in [9.17, 15) is 0 Å². The zero-order chi connectivity index (χ0) is 11.1. The lowest BCUT2D eigenvalue weighted by Crippen LogP contribution is -2.36.